The second-order valence-electron chi connectivity index (χ2n) is 23.4. The number of aliphatic hydroxyl groups excluding tert-OH is 2. The molecule has 0 aromatic rings. The van der Waals surface area contributed by atoms with Crippen molar-refractivity contribution in [3.8, 4) is 0 Å². The van der Waals surface area contributed by atoms with Crippen molar-refractivity contribution in [1.82, 2.24) is 0 Å². The van der Waals surface area contributed by atoms with Crippen LogP contribution < -0.4 is 0 Å². The van der Waals surface area contributed by atoms with E-state index in [9.17, 15) is 34.5 Å². The largest absolute Gasteiger partial charge is 0.479 e. The van der Waals surface area contributed by atoms with Gasteiger partial charge in [0.1, 0.15) is 18.8 Å². The summed E-state index contributed by atoms with van der Waals surface area (Å²) >= 11 is 0. The summed E-state index contributed by atoms with van der Waals surface area (Å²) in [4.78, 5) is 51.4. The van der Waals surface area contributed by atoms with Crippen LogP contribution in [0.3, 0.4) is 0 Å². The lowest BCUT2D eigenvalue weighted by Crippen LogP contribution is -2.61. The molecule has 12 heteroatoms. The average Bonchev–Trinajstić information content (AvgIpc) is 3.53. The molecule has 1 aliphatic heterocycles. The van der Waals surface area contributed by atoms with E-state index in [1.165, 1.54) is 180 Å². The molecule has 1 fully saturated rings. The van der Waals surface area contributed by atoms with Crippen molar-refractivity contribution in [2.45, 2.75) is 366 Å². The first kappa shape index (κ1) is 76.0. The fraction of sp³-hybridized carbons (Fsp3) is 0.855. The highest BCUT2D eigenvalue weighted by atomic mass is 16.7. The van der Waals surface area contributed by atoms with Gasteiger partial charge in [-0.15, -0.1) is 0 Å². The molecule has 6 unspecified atom stereocenters. The highest BCUT2D eigenvalue weighted by Gasteiger charge is 2.50. The molecule has 1 rings (SSSR count). The van der Waals surface area contributed by atoms with Gasteiger partial charge in [-0.1, -0.05) is 295 Å². The molecule has 0 radical (unpaired) electrons. The Morgan fingerprint density at radius 3 is 1.19 bits per heavy atom. The van der Waals surface area contributed by atoms with Crippen LogP contribution in [0, 0.1) is 0 Å². The van der Waals surface area contributed by atoms with E-state index in [0.29, 0.717) is 19.3 Å². The molecule has 472 valence electrons. The number of carbonyl (C=O) groups excluding carboxylic acids is 3. The van der Waals surface area contributed by atoms with E-state index < -0.39 is 67.3 Å². The van der Waals surface area contributed by atoms with E-state index in [4.69, 9.17) is 23.7 Å². The second kappa shape index (κ2) is 57.4. The summed E-state index contributed by atoms with van der Waals surface area (Å²) in [5.74, 6) is -3.10. The van der Waals surface area contributed by atoms with Gasteiger partial charge in [-0.3, -0.25) is 14.4 Å². The topological polar surface area (TPSA) is 175 Å². The molecule has 81 heavy (non-hydrogen) atoms. The molecule has 0 amide bonds. The summed E-state index contributed by atoms with van der Waals surface area (Å²) in [6.07, 6.45) is 56.8. The molecule has 0 aromatic heterocycles. The Labute approximate surface area is 495 Å². The summed E-state index contributed by atoms with van der Waals surface area (Å²) in [6, 6.07) is 0. The summed E-state index contributed by atoms with van der Waals surface area (Å²) in [6.45, 7) is 5.94. The Bertz CT molecular complexity index is 1550. The smallest absolute Gasteiger partial charge is 0.335 e. The van der Waals surface area contributed by atoms with Gasteiger partial charge < -0.3 is 39.0 Å². The van der Waals surface area contributed by atoms with Gasteiger partial charge in [-0.05, 0) is 51.4 Å². The number of allylic oxidation sites excluding steroid dienone is 6. The van der Waals surface area contributed by atoms with Crippen LogP contribution >= 0.6 is 0 Å². The number of hydrogen-bond donors (Lipinski definition) is 3. The molecule has 1 heterocycles. The molecule has 0 aliphatic carbocycles. The molecule has 1 aliphatic rings. The summed E-state index contributed by atoms with van der Waals surface area (Å²) in [5.41, 5.74) is 0. The number of carbonyl (C=O) groups is 4. The SMILES string of the molecule is CC/C=C\C/C=C\C/C=C\CCCCCCCC(=O)OC1C(OCC(COC(=O)CCCCCCCCCCCCCCCCCCCCC)OC(=O)CCCCCCCCCCCCCCCCCCC)OC(C(=O)O)C(O)C1O. The number of ether oxygens (including phenoxy) is 5. The maximum atomic E-state index is 13.2. The van der Waals surface area contributed by atoms with Crippen molar-refractivity contribution in [3.05, 3.63) is 36.5 Å². The molecule has 6 atom stereocenters. The molecular formula is C69H124O12. The Hall–Kier alpha value is -3.06. The van der Waals surface area contributed by atoms with Gasteiger partial charge >= 0.3 is 23.9 Å². The Balaban J connectivity index is 2.63. The quantitative estimate of drug-likeness (QED) is 0.0228. The highest BCUT2D eigenvalue weighted by Crippen LogP contribution is 2.27. The number of esters is 3. The maximum Gasteiger partial charge on any atom is 0.335 e. The Kier molecular flexibility index (Phi) is 53.8. The van der Waals surface area contributed by atoms with Gasteiger partial charge in [0.25, 0.3) is 0 Å². The third kappa shape index (κ3) is 46.9. The average molecular weight is 1150 g/mol. The number of carboxylic acid groups (broad SMARTS) is 1. The first-order valence-electron chi connectivity index (χ1n) is 34.0. The van der Waals surface area contributed by atoms with Gasteiger partial charge in [-0.2, -0.15) is 0 Å². The zero-order valence-electron chi connectivity index (χ0n) is 52.3. The van der Waals surface area contributed by atoms with E-state index in [1.807, 2.05) is 0 Å². The van der Waals surface area contributed by atoms with Crippen molar-refractivity contribution < 1.29 is 58.2 Å². The van der Waals surface area contributed by atoms with E-state index >= 15 is 0 Å². The predicted molar refractivity (Wildman–Crippen MR) is 331 cm³/mol. The van der Waals surface area contributed by atoms with Crippen molar-refractivity contribution in [1.29, 1.82) is 0 Å². The van der Waals surface area contributed by atoms with Crippen molar-refractivity contribution in [3.63, 3.8) is 0 Å². The third-order valence-corrected chi connectivity index (χ3v) is 15.7. The number of carboxylic acids is 1. The van der Waals surface area contributed by atoms with Gasteiger partial charge in [0.2, 0.25) is 0 Å². The van der Waals surface area contributed by atoms with Crippen LogP contribution in [0.15, 0.2) is 36.5 Å². The fourth-order valence-electron chi connectivity index (χ4n) is 10.6. The fourth-order valence-corrected chi connectivity index (χ4v) is 10.6. The number of aliphatic carboxylic acids is 1. The van der Waals surface area contributed by atoms with Gasteiger partial charge in [0, 0.05) is 19.3 Å². The van der Waals surface area contributed by atoms with Crippen LogP contribution in [0.5, 0.6) is 0 Å². The highest BCUT2D eigenvalue weighted by molar-refractivity contribution is 5.74. The van der Waals surface area contributed by atoms with Gasteiger partial charge in [0.15, 0.2) is 24.6 Å². The van der Waals surface area contributed by atoms with Crippen LogP contribution in [-0.4, -0.2) is 89.2 Å². The minimum absolute atomic E-state index is 0.0448. The standard InChI is InChI=1S/C69H124O12/c1-4-7-10-13-16-19-22-25-28-30-31-33-35-37-40-43-46-49-52-55-61(70)77-58-60(79-62(71)56-53-50-47-44-41-39-36-32-29-26-23-20-17-14-11-8-5-2)59-78-69-67(65(74)64(73)66(81-69)68(75)76)80-63(72)57-54-51-48-45-42-38-34-27-24-21-18-15-12-9-6-3/h9,12,18,21,27,34,60,64-67,69,73-74H,4-8,10-11,13-17,19-20,22-26,28-33,35-59H2,1-3H3,(H,75,76)/b12-9-,21-18-,34-27-. The minimum atomic E-state index is -1.91. The molecule has 0 bridgehead atoms. The lowest BCUT2D eigenvalue weighted by molar-refractivity contribution is -0.301. The lowest BCUT2D eigenvalue weighted by Gasteiger charge is -2.40. The normalized spacial score (nSPS) is 17.9. The van der Waals surface area contributed by atoms with Crippen molar-refractivity contribution in [2.75, 3.05) is 13.2 Å². The number of unbranched alkanes of at least 4 members (excludes halogenated alkanes) is 39. The van der Waals surface area contributed by atoms with Crippen LogP contribution in [0.4, 0.5) is 0 Å². The summed E-state index contributed by atoms with van der Waals surface area (Å²) in [5, 5.41) is 31.6. The molecule has 0 saturated carbocycles. The Morgan fingerprint density at radius 2 is 0.778 bits per heavy atom. The molecular weight excluding hydrogens is 1020 g/mol. The van der Waals surface area contributed by atoms with Crippen LogP contribution in [0.2, 0.25) is 0 Å². The van der Waals surface area contributed by atoms with E-state index in [2.05, 4.69) is 57.2 Å². The monoisotopic (exact) mass is 1140 g/mol. The minimum Gasteiger partial charge on any atom is -0.479 e. The predicted octanol–water partition coefficient (Wildman–Crippen LogP) is 18.4. The maximum absolute atomic E-state index is 13.2. The number of rotatable bonds is 59. The second-order valence-corrected chi connectivity index (χ2v) is 23.4. The van der Waals surface area contributed by atoms with E-state index in [1.54, 1.807) is 0 Å². The molecule has 3 N–H and O–H groups in total. The first-order chi connectivity index (χ1) is 39.6. The Morgan fingerprint density at radius 1 is 0.420 bits per heavy atom. The zero-order chi connectivity index (χ0) is 58.9. The molecule has 12 nitrogen and oxygen atoms in total. The number of hydrogen-bond acceptors (Lipinski definition) is 11. The van der Waals surface area contributed by atoms with Crippen molar-refractivity contribution >= 4 is 23.9 Å². The molecule has 0 spiro atoms. The van der Waals surface area contributed by atoms with Crippen LogP contribution in [-0.2, 0) is 42.9 Å². The first-order valence-corrected chi connectivity index (χ1v) is 34.0. The third-order valence-electron chi connectivity index (χ3n) is 15.7. The van der Waals surface area contributed by atoms with Gasteiger partial charge in [-0.25, -0.2) is 4.79 Å². The van der Waals surface area contributed by atoms with Gasteiger partial charge in [0.05, 0.1) is 6.61 Å². The summed E-state index contributed by atoms with van der Waals surface area (Å²) in [7, 11) is 0. The zero-order valence-corrected chi connectivity index (χ0v) is 52.3. The van der Waals surface area contributed by atoms with Crippen LogP contribution in [0.25, 0.3) is 0 Å². The molecule has 0 aromatic carbocycles. The van der Waals surface area contributed by atoms with Crippen molar-refractivity contribution in [2.24, 2.45) is 0 Å². The number of aliphatic hydroxyl groups is 2. The lowest BCUT2D eigenvalue weighted by atomic mass is 9.98. The summed E-state index contributed by atoms with van der Waals surface area (Å²) < 4.78 is 28.6. The van der Waals surface area contributed by atoms with E-state index in [-0.39, 0.29) is 25.9 Å². The molecule has 1 saturated heterocycles. The van der Waals surface area contributed by atoms with Crippen LogP contribution in [0.1, 0.15) is 329 Å². The van der Waals surface area contributed by atoms with E-state index in [0.717, 1.165) is 89.9 Å².